The molecule has 1 N–H and O–H groups in total. The predicted molar refractivity (Wildman–Crippen MR) is 157 cm³/mol. The molecular formula is C35H28N2O5. The molecule has 0 spiro atoms. The van der Waals surface area contributed by atoms with E-state index in [0.29, 0.717) is 11.4 Å². The molecule has 4 aromatic carbocycles. The minimum absolute atomic E-state index is 0.183. The average molecular weight is 557 g/mol. The number of anilines is 2. The molecule has 208 valence electrons. The van der Waals surface area contributed by atoms with Crippen LogP contribution in [0, 0.1) is 25.7 Å². The molecule has 1 aliphatic heterocycles. The van der Waals surface area contributed by atoms with Crippen molar-refractivity contribution >= 4 is 35.1 Å². The van der Waals surface area contributed by atoms with Gasteiger partial charge in [0, 0.05) is 17.5 Å². The number of benzene rings is 4. The van der Waals surface area contributed by atoms with Gasteiger partial charge in [-0.25, -0.2) is 9.69 Å². The zero-order valence-corrected chi connectivity index (χ0v) is 23.2. The summed E-state index contributed by atoms with van der Waals surface area (Å²) >= 11 is 0. The number of nitrogens with zero attached hydrogens (tertiary/aromatic N) is 1. The third kappa shape index (κ3) is 3.88. The van der Waals surface area contributed by atoms with E-state index in [-0.39, 0.29) is 29.2 Å². The van der Waals surface area contributed by atoms with Crippen molar-refractivity contribution in [2.75, 3.05) is 16.8 Å². The fourth-order valence-corrected chi connectivity index (χ4v) is 7.08. The van der Waals surface area contributed by atoms with Gasteiger partial charge in [0.05, 0.1) is 23.1 Å². The van der Waals surface area contributed by atoms with Crippen LogP contribution in [0.15, 0.2) is 91.0 Å². The van der Waals surface area contributed by atoms with Gasteiger partial charge in [-0.05, 0) is 71.5 Å². The molecule has 4 aliphatic rings. The van der Waals surface area contributed by atoms with Crippen LogP contribution in [0.25, 0.3) is 0 Å². The van der Waals surface area contributed by atoms with Crippen LogP contribution in [0.4, 0.5) is 11.4 Å². The Kier molecular flexibility index (Phi) is 6.04. The number of esters is 1. The minimum atomic E-state index is -0.671. The van der Waals surface area contributed by atoms with Crippen LogP contribution in [0.3, 0.4) is 0 Å². The molecule has 0 aromatic heterocycles. The number of nitrogens with one attached hydrogen (secondary N) is 1. The van der Waals surface area contributed by atoms with Gasteiger partial charge in [-0.2, -0.15) is 0 Å². The Morgan fingerprint density at radius 3 is 1.64 bits per heavy atom. The molecule has 0 radical (unpaired) electrons. The molecule has 7 nitrogen and oxygen atoms in total. The number of para-hydroxylation sites is 1. The Hall–Kier alpha value is -5.04. The van der Waals surface area contributed by atoms with Gasteiger partial charge in [0.2, 0.25) is 11.8 Å². The average Bonchev–Trinajstić information content (AvgIpc) is 3.28. The first-order valence-electron chi connectivity index (χ1n) is 14.0. The SMILES string of the molecule is Cc1cccc(C)c1NC(=O)COC(=O)c1ccc(N2C(=O)[C@@H]3C4c5ccccc5C(c5ccccc54)[C@H]3C2=O)cc1. The number of hydrogen-bond acceptors (Lipinski definition) is 5. The van der Waals surface area contributed by atoms with Crippen molar-refractivity contribution in [1.29, 1.82) is 0 Å². The van der Waals surface area contributed by atoms with Crippen molar-refractivity contribution in [3.05, 3.63) is 130 Å². The second-order valence-corrected chi connectivity index (χ2v) is 11.2. The van der Waals surface area contributed by atoms with E-state index in [2.05, 4.69) is 29.6 Å². The molecule has 2 bridgehead atoms. The normalized spacial score (nSPS) is 21.4. The monoisotopic (exact) mass is 556 g/mol. The first-order chi connectivity index (χ1) is 20.3. The summed E-state index contributed by atoms with van der Waals surface area (Å²) in [6.45, 7) is 3.34. The standard InChI is InChI=1S/C35H28N2O5/c1-19-8-7-9-20(2)32(19)36-27(38)18-42-35(41)21-14-16-22(17-15-21)37-33(39)30-28-23-10-3-4-11-24(23)29(31(30)34(37)40)26-13-6-5-12-25(26)28/h3-17,28-31H,18H2,1-2H3,(H,36,38)/t28?,29?,30-,31-/m1/s1. The second-order valence-electron chi connectivity index (χ2n) is 11.2. The number of ether oxygens (including phenoxy) is 1. The van der Waals surface area contributed by atoms with Gasteiger partial charge >= 0.3 is 5.97 Å². The smallest absolute Gasteiger partial charge is 0.338 e. The van der Waals surface area contributed by atoms with Gasteiger partial charge < -0.3 is 10.1 Å². The highest BCUT2D eigenvalue weighted by Gasteiger charge is 2.61. The van der Waals surface area contributed by atoms with E-state index in [1.165, 1.54) is 17.0 Å². The molecule has 3 aliphatic carbocycles. The van der Waals surface area contributed by atoms with Crippen molar-refractivity contribution < 1.29 is 23.9 Å². The summed E-state index contributed by atoms with van der Waals surface area (Å²) in [6, 6.07) is 28.1. The van der Waals surface area contributed by atoms with Crippen LogP contribution in [-0.4, -0.2) is 30.3 Å². The summed E-state index contributed by atoms with van der Waals surface area (Å²) in [7, 11) is 0. The highest BCUT2D eigenvalue weighted by molar-refractivity contribution is 6.23. The van der Waals surface area contributed by atoms with E-state index >= 15 is 0 Å². The number of carbonyl (C=O) groups excluding carboxylic acids is 4. The zero-order chi connectivity index (χ0) is 29.1. The van der Waals surface area contributed by atoms with Crippen LogP contribution in [0.1, 0.15) is 55.6 Å². The van der Waals surface area contributed by atoms with Gasteiger partial charge in [0.1, 0.15) is 0 Å². The highest BCUT2D eigenvalue weighted by atomic mass is 16.5. The van der Waals surface area contributed by atoms with Crippen molar-refractivity contribution in [3.8, 4) is 0 Å². The van der Waals surface area contributed by atoms with Crippen LogP contribution < -0.4 is 10.2 Å². The summed E-state index contributed by atoms with van der Waals surface area (Å²) in [5, 5.41) is 2.79. The van der Waals surface area contributed by atoms with E-state index in [0.717, 1.165) is 33.4 Å². The molecule has 0 unspecified atom stereocenters. The summed E-state index contributed by atoms with van der Waals surface area (Å²) in [4.78, 5) is 54.3. The summed E-state index contributed by atoms with van der Waals surface area (Å²) in [5.74, 6) is -2.88. The van der Waals surface area contributed by atoms with Gasteiger partial charge in [-0.15, -0.1) is 0 Å². The molecule has 2 atom stereocenters. The third-order valence-corrected chi connectivity index (χ3v) is 8.89. The molecule has 1 fully saturated rings. The van der Waals surface area contributed by atoms with Crippen molar-refractivity contribution in [2.45, 2.75) is 25.7 Å². The molecule has 1 saturated heterocycles. The van der Waals surface area contributed by atoms with Gasteiger partial charge in [-0.1, -0.05) is 66.7 Å². The Morgan fingerprint density at radius 1 is 0.690 bits per heavy atom. The summed E-state index contributed by atoms with van der Waals surface area (Å²) in [5.41, 5.74) is 7.62. The number of rotatable bonds is 5. The first-order valence-corrected chi connectivity index (χ1v) is 14.0. The maximum absolute atomic E-state index is 13.9. The maximum Gasteiger partial charge on any atom is 0.338 e. The number of hydrogen-bond donors (Lipinski definition) is 1. The van der Waals surface area contributed by atoms with Crippen LogP contribution in [0.2, 0.25) is 0 Å². The van der Waals surface area contributed by atoms with Crippen LogP contribution in [0.5, 0.6) is 0 Å². The molecule has 8 rings (SSSR count). The maximum atomic E-state index is 13.9. The number of aryl methyl sites for hydroxylation is 2. The summed E-state index contributed by atoms with van der Waals surface area (Å²) in [6.07, 6.45) is 0. The van der Waals surface area contributed by atoms with E-state index in [1.54, 1.807) is 12.1 Å². The van der Waals surface area contributed by atoms with Crippen LogP contribution >= 0.6 is 0 Å². The first kappa shape index (κ1) is 25.9. The Balaban J connectivity index is 1.09. The molecular weight excluding hydrogens is 528 g/mol. The Labute approximate surface area is 243 Å². The Morgan fingerprint density at radius 2 is 1.17 bits per heavy atom. The lowest BCUT2D eigenvalue weighted by atomic mass is 9.55. The zero-order valence-electron chi connectivity index (χ0n) is 23.2. The van der Waals surface area contributed by atoms with E-state index in [4.69, 9.17) is 4.74 Å². The quantitative estimate of drug-likeness (QED) is 0.259. The topological polar surface area (TPSA) is 92.8 Å². The fourth-order valence-electron chi connectivity index (χ4n) is 7.08. The van der Waals surface area contributed by atoms with E-state index in [1.807, 2.05) is 56.3 Å². The minimum Gasteiger partial charge on any atom is -0.452 e. The second kappa shape index (κ2) is 9.80. The van der Waals surface area contributed by atoms with Crippen LogP contribution in [-0.2, 0) is 19.1 Å². The lowest BCUT2D eigenvalue weighted by molar-refractivity contribution is -0.122. The molecule has 42 heavy (non-hydrogen) atoms. The third-order valence-electron chi connectivity index (χ3n) is 8.89. The lowest BCUT2D eigenvalue weighted by Gasteiger charge is -2.45. The predicted octanol–water partition coefficient (Wildman–Crippen LogP) is 5.50. The Bertz CT molecular complexity index is 1660. The van der Waals surface area contributed by atoms with Crippen molar-refractivity contribution in [1.82, 2.24) is 0 Å². The molecule has 4 aromatic rings. The van der Waals surface area contributed by atoms with E-state index in [9.17, 15) is 19.2 Å². The number of carbonyl (C=O) groups is 4. The number of imide groups is 1. The number of amides is 3. The summed E-state index contributed by atoms with van der Waals surface area (Å²) < 4.78 is 5.24. The van der Waals surface area contributed by atoms with Gasteiger partial charge in [0.25, 0.3) is 5.91 Å². The molecule has 7 heteroatoms. The molecule has 0 saturated carbocycles. The van der Waals surface area contributed by atoms with Crippen molar-refractivity contribution in [2.24, 2.45) is 11.8 Å². The molecule has 1 heterocycles. The van der Waals surface area contributed by atoms with Gasteiger partial charge in [-0.3, -0.25) is 14.4 Å². The largest absolute Gasteiger partial charge is 0.452 e. The lowest BCUT2D eigenvalue weighted by Crippen LogP contribution is -2.41. The fraction of sp³-hybridized carbons (Fsp3) is 0.200. The van der Waals surface area contributed by atoms with Crippen molar-refractivity contribution in [3.63, 3.8) is 0 Å². The van der Waals surface area contributed by atoms with E-state index < -0.39 is 30.3 Å². The molecule has 3 amide bonds. The van der Waals surface area contributed by atoms with Gasteiger partial charge in [0.15, 0.2) is 6.61 Å². The highest BCUT2D eigenvalue weighted by Crippen LogP contribution is 2.61.